The molecule has 154 valence electrons. The van der Waals surface area contributed by atoms with Crippen LogP contribution < -0.4 is 0 Å². The number of aromatic nitrogens is 2. The minimum Gasteiger partial charge on any atom is -0.466 e. The summed E-state index contributed by atoms with van der Waals surface area (Å²) in [4.78, 5) is 14.4. The lowest BCUT2D eigenvalue weighted by molar-refractivity contribution is 0.0790. The molecule has 2 heterocycles. The van der Waals surface area contributed by atoms with Gasteiger partial charge in [-0.3, -0.25) is 9.89 Å². The van der Waals surface area contributed by atoms with Gasteiger partial charge in [-0.2, -0.15) is 5.10 Å². The van der Waals surface area contributed by atoms with E-state index in [9.17, 15) is 9.18 Å². The number of nitrogens with zero attached hydrogens (tertiary/aromatic N) is 2. The van der Waals surface area contributed by atoms with Crippen molar-refractivity contribution in [2.75, 3.05) is 13.6 Å². The average Bonchev–Trinajstić information content (AvgIpc) is 3.26. The zero-order chi connectivity index (χ0) is 21.0. The number of benzene rings is 1. The summed E-state index contributed by atoms with van der Waals surface area (Å²) in [7, 11) is 1.84. The van der Waals surface area contributed by atoms with Crippen LogP contribution in [0.4, 0.5) is 4.39 Å². The lowest BCUT2D eigenvalue weighted by Crippen LogP contribution is -2.28. The van der Waals surface area contributed by atoms with Gasteiger partial charge in [0.15, 0.2) is 0 Å². The molecule has 0 atom stereocenters. The van der Waals surface area contributed by atoms with E-state index in [-0.39, 0.29) is 11.7 Å². The Kier molecular flexibility index (Phi) is 6.52. The largest absolute Gasteiger partial charge is 0.466 e. The molecular weight excluding hydrogens is 369 g/mol. The molecule has 0 fully saturated rings. The van der Waals surface area contributed by atoms with Crippen LogP contribution in [0.15, 0.2) is 34.7 Å². The summed E-state index contributed by atoms with van der Waals surface area (Å²) < 4.78 is 18.6. The Hall–Kier alpha value is -2.89. The van der Waals surface area contributed by atoms with Gasteiger partial charge >= 0.3 is 0 Å². The van der Waals surface area contributed by atoms with E-state index in [2.05, 4.69) is 10.2 Å². The Morgan fingerprint density at radius 2 is 1.83 bits per heavy atom. The Morgan fingerprint density at radius 1 is 1.10 bits per heavy atom. The first kappa shape index (κ1) is 20.8. The number of hydrogen-bond donors (Lipinski definition) is 1. The van der Waals surface area contributed by atoms with Crippen molar-refractivity contribution in [1.29, 1.82) is 0 Å². The number of H-pyrrole nitrogens is 1. The third-order valence-corrected chi connectivity index (χ3v) is 5.33. The second-order valence-corrected chi connectivity index (χ2v) is 7.54. The van der Waals surface area contributed by atoms with E-state index in [1.165, 1.54) is 12.1 Å². The second-order valence-electron chi connectivity index (χ2n) is 7.54. The van der Waals surface area contributed by atoms with E-state index in [4.69, 9.17) is 4.42 Å². The van der Waals surface area contributed by atoms with Crippen molar-refractivity contribution in [3.05, 3.63) is 64.5 Å². The molecule has 0 saturated heterocycles. The molecule has 0 bridgehead atoms. The van der Waals surface area contributed by atoms with Crippen molar-refractivity contribution >= 4 is 5.91 Å². The summed E-state index contributed by atoms with van der Waals surface area (Å²) in [6.45, 7) is 6.37. The molecule has 0 unspecified atom stereocenters. The second kappa shape index (κ2) is 9.07. The van der Waals surface area contributed by atoms with Crippen LogP contribution in [-0.2, 0) is 6.42 Å². The normalized spacial score (nSPS) is 11.1. The van der Waals surface area contributed by atoms with Crippen LogP contribution in [0, 0.1) is 26.6 Å². The van der Waals surface area contributed by atoms with Crippen molar-refractivity contribution in [3.63, 3.8) is 0 Å². The average molecular weight is 397 g/mol. The quantitative estimate of drug-likeness (QED) is 0.530. The Labute approximate surface area is 170 Å². The van der Waals surface area contributed by atoms with Gasteiger partial charge in [0.05, 0.1) is 11.3 Å². The Morgan fingerprint density at radius 3 is 2.48 bits per heavy atom. The topological polar surface area (TPSA) is 62.1 Å². The molecule has 6 heteroatoms. The van der Waals surface area contributed by atoms with E-state index in [0.717, 1.165) is 54.0 Å². The number of amides is 1. The predicted molar refractivity (Wildman–Crippen MR) is 111 cm³/mol. The zero-order valence-electron chi connectivity index (χ0n) is 17.5. The molecule has 0 aliphatic rings. The fourth-order valence-electron chi connectivity index (χ4n) is 3.50. The molecule has 1 aromatic carbocycles. The molecule has 1 amide bonds. The number of carbonyl (C=O) groups excluding carboxylic acids is 1. The van der Waals surface area contributed by atoms with Crippen molar-refractivity contribution in [1.82, 2.24) is 15.1 Å². The molecule has 5 nitrogen and oxygen atoms in total. The summed E-state index contributed by atoms with van der Waals surface area (Å²) in [6, 6.07) is 8.35. The zero-order valence-corrected chi connectivity index (χ0v) is 17.5. The van der Waals surface area contributed by atoms with Crippen LogP contribution in [0.3, 0.4) is 0 Å². The molecular formula is C23H28FN3O2. The summed E-state index contributed by atoms with van der Waals surface area (Å²) in [5.74, 6) is 1.27. The highest BCUT2D eigenvalue weighted by atomic mass is 19.1. The van der Waals surface area contributed by atoms with Gasteiger partial charge in [-0.05, 0) is 70.4 Å². The Balaban J connectivity index is 1.43. The fourth-order valence-corrected chi connectivity index (χ4v) is 3.50. The van der Waals surface area contributed by atoms with Crippen LogP contribution in [-0.4, -0.2) is 34.6 Å². The van der Waals surface area contributed by atoms with E-state index in [1.54, 1.807) is 17.0 Å². The number of hydrogen-bond acceptors (Lipinski definition) is 3. The van der Waals surface area contributed by atoms with Gasteiger partial charge in [-0.25, -0.2) is 4.39 Å². The molecule has 0 spiro atoms. The number of aryl methyl sites for hydroxylation is 3. The van der Waals surface area contributed by atoms with Crippen molar-refractivity contribution in [2.24, 2.45) is 0 Å². The summed E-state index contributed by atoms with van der Waals surface area (Å²) in [5, 5.41) is 7.36. The van der Waals surface area contributed by atoms with E-state index in [0.29, 0.717) is 17.9 Å². The van der Waals surface area contributed by atoms with Crippen molar-refractivity contribution in [2.45, 2.75) is 46.5 Å². The molecule has 0 aliphatic heterocycles. The molecule has 2 aromatic heterocycles. The van der Waals surface area contributed by atoms with E-state index in [1.807, 2.05) is 33.9 Å². The monoisotopic (exact) mass is 397 g/mol. The molecule has 3 aromatic rings. The predicted octanol–water partition coefficient (Wildman–Crippen LogP) is 5.22. The smallest absolute Gasteiger partial charge is 0.257 e. The first-order chi connectivity index (χ1) is 13.9. The SMILES string of the molecule is Cc1oc(C)c(C(=O)N(C)CCCCCc2cc(-c3ccc(F)cc3)n[nH]2)c1C. The van der Waals surface area contributed by atoms with E-state index < -0.39 is 0 Å². The minimum atomic E-state index is -0.249. The van der Waals surface area contributed by atoms with E-state index >= 15 is 0 Å². The maximum absolute atomic E-state index is 13.0. The number of nitrogens with one attached hydrogen (secondary N) is 1. The number of halogens is 1. The highest BCUT2D eigenvalue weighted by Crippen LogP contribution is 2.22. The molecule has 1 N–H and O–H groups in total. The summed E-state index contributed by atoms with van der Waals surface area (Å²) >= 11 is 0. The Bertz CT molecular complexity index is 973. The lowest BCUT2D eigenvalue weighted by Gasteiger charge is -2.17. The third-order valence-electron chi connectivity index (χ3n) is 5.33. The van der Waals surface area contributed by atoms with Crippen LogP contribution in [0.25, 0.3) is 11.3 Å². The molecule has 0 aliphatic carbocycles. The standard InChI is InChI=1S/C23H28FN3O2/c1-15-16(2)29-17(3)22(15)23(28)27(4)13-7-5-6-8-20-14-21(26-25-20)18-9-11-19(24)12-10-18/h9-12,14H,5-8,13H2,1-4H3,(H,25,26). The number of unbranched alkanes of at least 4 members (excludes halogenated alkanes) is 2. The lowest BCUT2D eigenvalue weighted by atomic mass is 10.1. The van der Waals surface area contributed by atoms with Crippen molar-refractivity contribution in [3.8, 4) is 11.3 Å². The van der Waals surface area contributed by atoms with Gasteiger partial charge in [-0.1, -0.05) is 6.42 Å². The van der Waals surface area contributed by atoms with Crippen LogP contribution in [0.1, 0.15) is 52.4 Å². The number of furan rings is 1. The molecule has 29 heavy (non-hydrogen) atoms. The number of carbonyl (C=O) groups is 1. The van der Waals surface area contributed by atoms with Gasteiger partial charge in [0.25, 0.3) is 5.91 Å². The summed E-state index contributed by atoms with van der Waals surface area (Å²) in [5.41, 5.74) is 4.40. The third kappa shape index (κ3) is 4.94. The number of rotatable bonds is 8. The molecule has 0 saturated carbocycles. The van der Waals surface area contributed by atoms with Gasteiger partial charge in [0.1, 0.15) is 17.3 Å². The maximum Gasteiger partial charge on any atom is 0.257 e. The van der Waals surface area contributed by atoms with Gasteiger partial charge in [0.2, 0.25) is 0 Å². The maximum atomic E-state index is 13.0. The first-order valence-electron chi connectivity index (χ1n) is 9.99. The van der Waals surface area contributed by atoms with Crippen LogP contribution in [0.5, 0.6) is 0 Å². The highest BCUT2D eigenvalue weighted by molar-refractivity contribution is 5.96. The highest BCUT2D eigenvalue weighted by Gasteiger charge is 2.21. The minimum absolute atomic E-state index is 0.0226. The van der Waals surface area contributed by atoms with Crippen LogP contribution in [0.2, 0.25) is 0 Å². The van der Waals surface area contributed by atoms with Crippen molar-refractivity contribution < 1.29 is 13.6 Å². The summed E-state index contributed by atoms with van der Waals surface area (Å²) in [6.07, 6.45) is 3.86. The number of aromatic amines is 1. The van der Waals surface area contributed by atoms with Crippen LogP contribution >= 0.6 is 0 Å². The van der Waals surface area contributed by atoms with Gasteiger partial charge in [0, 0.05) is 30.4 Å². The molecule has 0 radical (unpaired) electrons. The molecule has 3 rings (SSSR count). The first-order valence-corrected chi connectivity index (χ1v) is 9.99. The van der Waals surface area contributed by atoms with Gasteiger partial charge < -0.3 is 9.32 Å². The van der Waals surface area contributed by atoms with Gasteiger partial charge in [-0.15, -0.1) is 0 Å². The fraction of sp³-hybridized carbons (Fsp3) is 0.391.